The van der Waals surface area contributed by atoms with E-state index in [-0.39, 0.29) is 6.61 Å². The monoisotopic (exact) mass is 240 g/mol. The molecular formula is C8H20N2O6. The van der Waals surface area contributed by atoms with Gasteiger partial charge in [-0.1, -0.05) is 26.7 Å². The molecule has 0 aliphatic heterocycles. The van der Waals surface area contributed by atoms with E-state index in [1.807, 2.05) is 0 Å². The van der Waals surface area contributed by atoms with E-state index in [0.29, 0.717) is 12.3 Å². The van der Waals surface area contributed by atoms with Gasteiger partial charge in [0.05, 0.1) is 10.8 Å². The van der Waals surface area contributed by atoms with Gasteiger partial charge in [0.2, 0.25) is 0 Å². The number of rotatable bonds is 9. The SMILES string of the molecule is CC(C)CCC[C@H](CON(O)O)ON(O)O. The average molecular weight is 240 g/mol. The summed E-state index contributed by atoms with van der Waals surface area (Å²) in [4.78, 5) is 8.89. The molecule has 0 bridgehead atoms. The van der Waals surface area contributed by atoms with Crippen molar-refractivity contribution in [2.24, 2.45) is 5.92 Å². The summed E-state index contributed by atoms with van der Waals surface area (Å²) in [5.74, 6) is 0.535. The summed E-state index contributed by atoms with van der Waals surface area (Å²) in [6.07, 6.45) is 1.59. The molecule has 0 unspecified atom stereocenters. The molecule has 0 heterocycles. The van der Waals surface area contributed by atoms with Crippen LogP contribution < -0.4 is 0 Å². The van der Waals surface area contributed by atoms with Crippen molar-refractivity contribution in [3.63, 3.8) is 0 Å². The first-order chi connectivity index (χ1) is 7.41. The molecule has 1 atom stereocenters. The lowest BCUT2D eigenvalue weighted by Crippen LogP contribution is -2.31. The van der Waals surface area contributed by atoms with Crippen molar-refractivity contribution in [1.82, 2.24) is 10.8 Å². The third kappa shape index (κ3) is 10.2. The lowest BCUT2D eigenvalue weighted by atomic mass is 10.0. The predicted octanol–water partition coefficient (Wildman–Crippen LogP) is 1.21. The summed E-state index contributed by atoms with van der Waals surface area (Å²) in [5.41, 5.74) is 0. The Morgan fingerprint density at radius 1 is 1.00 bits per heavy atom. The van der Waals surface area contributed by atoms with E-state index in [0.717, 1.165) is 12.8 Å². The Bertz CT molecular complexity index is 167. The maximum atomic E-state index is 8.47. The quantitative estimate of drug-likeness (QED) is 0.445. The van der Waals surface area contributed by atoms with Crippen molar-refractivity contribution >= 4 is 0 Å². The van der Waals surface area contributed by atoms with Gasteiger partial charge in [-0.3, -0.25) is 20.8 Å². The summed E-state index contributed by atoms with van der Waals surface area (Å²) in [6, 6.07) is 0. The molecule has 0 amide bonds. The summed E-state index contributed by atoms with van der Waals surface area (Å²) >= 11 is 0. The highest BCUT2D eigenvalue weighted by atomic mass is 17.1. The van der Waals surface area contributed by atoms with Crippen LogP contribution in [0.1, 0.15) is 33.1 Å². The molecule has 4 N–H and O–H groups in total. The van der Waals surface area contributed by atoms with Crippen LogP contribution in [-0.2, 0) is 9.68 Å². The number of hydrogen-bond acceptors (Lipinski definition) is 8. The van der Waals surface area contributed by atoms with Crippen molar-refractivity contribution in [3.8, 4) is 0 Å². The van der Waals surface area contributed by atoms with Crippen LogP contribution in [0.4, 0.5) is 0 Å². The van der Waals surface area contributed by atoms with Crippen LogP contribution >= 0.6 is 0 Å². The zero-order valence-electron chi connectivity index (χ0n) is 9.48. The molecule has 0 saturated carbocycles. The van der Waals surface area contributed by atoms with Crippen LogP contribution in [-0.4, -0.2) is 44.3 Å². The molecule has 98 valence electrons. The van der Waals surface area contributed by atoms with Gasteiger partial charge in [0.1, 0.15) is 12.7 Å². The van der Waals surface area contributed by atoms with E-state index in [4.69, 9.17) is 20.8 Å². The van der Waals surface area contributed by atoms with E-state index < -0.39 is 16.9 Å². The average Bonchev–Trinajstić information content (AvgIpc) is 2.12. The molecule has 0 aliphatic carbocycles. The van der Waals surface area contributed by atoms with Crippen molar-refractivity contribution in [3.05, 3.63) is 0 Å². The van der Waals surface area contributed by atoms with Gasteiger partial charge in [-0.05, 0) is 12.3 Å². The minimum Gasteiger partial charge on any atom is -0.266 e. The van der Waals surface area contributed by atoms with Gasteiger partial charge in [-0.25, -0.2) is 9.68 Å². The molecule has 0 saturated heterocycles. The summed E-state index contributed by atoms with van der Waals surface area (Å²) in [5, 5.41) is 32.7. The van der Waals surface area contributed by atoms with Crippen molar-refractivity contribution < 1.29 is 30.5 Å². The fraction of sp³-hybridized carbons (Fsp3) is 1.00. The van der Waals surface area contributed by atoms with Crippen molar-refractivity contribution in [2.45, 2.75) is 39.2 Å². The van der Waals surface area contributed by atoms with Crippen molar-refractivity contribution in [2.75, 3.05) is 6.61 Å². The van der Waals surface area contributed by atoms with Gasteiger partial charge in [-0.2, -0.15) is 0 Å². The van der Waals surface area contributed by atoms with Crippen LogP contribution in [0.5, 0.6) is 0 Å². The van der Waals surface area contributed by atoms with Crippen molar-refractivity contribution in [1.29, 1.82) is 0 Å². The van der Waals surface area contributed by atoms with E-state index in [1.165, 1.54) is 0 Å². The largest absolute Gasteiger partial charge is 0.266 e. The first kappa shape index (κ1) is 15.7. The lowest BCUT2D eigenvalue weighted by Gasteiger charge is -2.19. The van der Waals surface area contributed by atoms with E-state index in [2.05, 4.69) is 23.5 Å². The Morgan fingerprint density at radius 3 is 2.06 bits per heavy atom. The van der Waals surface area contributed by atoms with Gasteiger partial charge < -0.3 is 0 Å². The number of hydrogen-bond donors (Lipinski definition) is 4. The first-order valence-electron chi connectivity index (χ1n) is 5.07. The predicted molar refractivity (Wildman–Crippen MR) is 50.3 cm³/mol. The van der Waals surface area contributed by atoms with Gasteiger partial charge in [-0.15, -0.1) is 0 Å². The second-order valence-electron chi connectivity index (χ2n) is 3.85. The molecule has 0 aromatic carbocycles. The second kappa shape index (κ2) is 8.79. The van der Waals surface area contributed by atoms with Gasteiger partial charge in [0.15, 0.2) is 0 Å². The summed E-state index contributed by atoms with van der Waals surface area (Å²) in [6.45, 7) is 3.93. The Labute approximate surface area is 93.9 Å². The summed E-state index contributed by atoms with van der Waals surface area (Å²) < 4.78 is 0. The van der Waals surface area contributed by atoms with E-state index >= 15 is 0 Å². The molecular weight excluding hydrogens is 220 g/mol. The highest BCUT2D eigenvalue weighted by molar-refractivity contribution is 4.56. The molecule has 8 heteroatoms. The van der Waals surface area contributed by atoms with Crippen LogP contribution in [0, 0.1) is 5.92 Å². The molecule has 0 aromatic rings. The zero-order valence-corrected chi connectivity index (χ0v) is 9.48. The molecule has 16 heavy (non-hydrogen) atoms. The third-order valence-corrected chi connectivity index (χ3v) is 1.93. The fourth-order valence-corrected chi connectivity index (χ4v) is 1.20. The lowest BCUT2D eigenvalue weighted by molar-refractivity contribution is -0.527. The van der Waals surface area contributed by atoms with Crippen LogP contribution in [0.3, 0.4) is 0 Å². The maximum Gasteiger partial charge on any atom is 0.110 e. The highest BCUT2D eigenvalue weighted by Gasteiger charge is 2.15. The van der Waals surface area contributed by atoms with Gasteiger partial charge >= 0.3 is 0 Å². The molecule has 0 aliphatic rings. The Hall–Kier alpha value is -0.320. The first-order valence-corrected chi connectivity index (χ1v) is 5.07. The maximum absolute atomic E-state index is 8.47. The number of nitrogens with zero attached hydrogens (tertiary/aromatic N) is 2. The normalized spacial score (nSPS) is 14.1. The van der Waals surface area contributed by atoms with E-state index in [9.17, 15) is 0 Å². The second-order valence-corrected chi connectivity index (χ2v) is 3.85. The standard InChI is InChI=1S/C8H20N2O6/c1-7(2)4-3-5-8(16-10(13)14)6-15-9(11)12/h7-8,11-14H,3-6H2,1-2H3/t8-/m1/s1. The van der Waals surface area contributed by atoms with Crippen LogP contribution in [0.25, 0.3) is 0 Å². The molecule has 0 spiro atoms. The van der Waals surface area contributed by atoms with Crippen LogP contribution in [0.2, 0.25) is 0 Å². The van der Waals surface area contributed by atoms with Gasteiger partial charge in [0, 0.05) is 0 Å². The zero-order chi connectivity index (χ0) is 12.6. The Kier molecular flexibility index (Phi) is 8.61. The smallest absolute Gasteiger partial charge is 0.110 e. The summed E-state index contributed by atoms with van der Waals surface area (Å²) in [7, 11) is 0. The molecule has 0 fully saturated rings. The van der Waals surface area contributed by atoms with Gasteiger partial charge in [0.25, 0.3) is 0 Å². The Balaban J connectivity index is 3.81. The van der Waals surface area contributed by atoms with E-state index in [1.54, 1.807) is 0 Å². The topological polar surface area (TPSA) is 106 Å². The molecule has 8 nitrogen and oxygen atoms in total. The minimum absolute atomic E-state index is 0.206. The molecule has 0 aromatic heterocycles. The highest BCUT2D eigenvalue weighted by Crippen LogP contribution is 2.11. The fourth-order valence-electron chi connectivity index (χ4n) is 1.20. The Morgan fingerprint density at radius 2 is 1.62 bits per heavy atom. The molecule has 0 rings (SSSR count). The minimum atomic E-state index is -0.671. The third-order valence-electron chi connectivity index (χ3n) is 1.93. The van der Waals surface area contributed by atoms with Crippen LogP contribution in [0.15, 0.2) is 0 Å². The molecule has 0 radical (unpaired) electrons.